The molecule has 0 saturated heterocycles. The van der Waals surface area contributed by atoms with Crippen molar-refractivity contribution in [2.75, 3.05) is 0 Å². The molecular formula is C30H19NS. The van der Waals surface area contributed by atoms with Gasteiger partial charge in [0, 0.05) is 37.0 Å². The molecule has 1 aliphatic rings. The van der Waals surface area contributed by atoms with Crippen LogP contribution in [-0.2, 0) is 0 Å². The lowest BCUT2D eigenvalue weighted by Crippen LogP contribution is -1.93. The van der Waals surface area contributed by atoms with E-state index in [9.17, 15) is 0 Å². The zero-order chi connectivity index (χ0) is 21.2. The zero-order valence-corrected chi connectivity index (χ0v) is 18.4. The van der Waals surface area contributed by atoms with Gasteiger partial charge in [-0.3, -0.25) is 0 Å². The van der Waals surface area contributed by atoms with Gasteiger partial charge < -0.3 is 4.57 Å². The van der Waals surface area contributed by atoms with Crippen molar-refractivity contribution >= 4 is 55.4 Å². The molecule has 2 heteroatoms. The maximum Gasteiger partial charge on any atom is 0.0547 e. The number of benzene rings is 4. The molecule has 1 nitrogen and oxygen atoms in total. The van der Waals surface area contributed by atoms with Gasteiger partial charge in [0.15, 0.2) is 0 Å². The molecule has 1 aliphatic carbocycles. The molecule has 0 atom stereocenters. The van der Waals surface area contributed by atoms with Crippen LogP contribution in [-0.4, -0.2) is 4.57 Å². The third kappa shape index (κ3) is 2.45. The summed E-state index contributed by atoms with van der Waals surface area (Å²) in [5, 5.41) is 3.90. The Morgan fingerprint density at radius 1 is 0.719 bits per heavy atom. The molecule has 4 aromatic carbocycles. The Bertz CT molecular complexity index is 1750. The Kier molecular flexibility index (Phi) is 3.66. The normalized spacial score (nSPS) is 12.4. The highest BCUT2D eigenvalue weighted by Crippen LogP contribution is 2.42. The van der Waals surface area contributed by atoms with Crippen molar-refractivity contribution in [1.29, 1.82) is 0 Å². The first kappa shape index (κ1) is 17.8. The summed E-state index contributed by atoms with van der Waals surface area (Å²) in [4.78, 5) is 1.31. The summed E-state index contributed by atoms with van der Waals surface area (Å²) in [6.07, 6.45) is 4.21. The molecule has 2 aromatic heterocycles. The molecule has 0 saturated carbocycles. The summed E-state index contributed by atoms with van der Waals surface area (Å²) in [5.41, 5.74) is 12.1. The van der Waals surface area contributed by atoms with Crippen molar-refractivity contribution in [3.05, 3.63) is 107 Å². The second-order valence-electron chi connectivity index (χ2n) is 8.44. The number of aryl methyl sites for hydroxylation is 1. The molecular weight excluding hydrogens is 406 g/mol. The van der Waals surface area contributed by atoms with E-state index in [-0.39, 0.29) is 0 Å². The Morgan fingerprint density at radius 3 is 2.44 bits per heavy atom. The topological polar surface area (TPSA) is 4.93 Å². The fourth-order valence-electron chi connectivity index (χ4n) is 4.95. The number of fused-ring (bicyclic) bond motifs is 6. The highest BCUT2D eigenvalue weighted by atomic mass is 32.1. The van der Waals surface area contributed by atoms with E-state index in [1.807, 2.05) is 11.3 Å². The number of rotatable bonds is 2. The Balaban J connectivity index is 1.54. The van der Waals surface area contributed by atoms with Crippen LogP contribution in [0.15, 0.2) is 90.7 Å². The first-order valence-electron chi connectivity index (χ1n) is 10.9. The second kappa shape index (κ2) is 6.58. The molecule has 2 heterocycles. The molecule has 150 valence electrons. The van der Waals surface area contributed by atoms with Gasteiger partial charge in [-0.05, 0) is 54.5 Å². The van der Waals surface area contributed by atoms with E-state index >= 15 is 0 Å². The van der Waals surface area contributed by atoms with Gasteiger partial charge in [0.05, 0.1) is 11.0 Å². The molecule has 0 bridgehead atoms. The molecule has 6 aromatic rings. The lowest BCUT2D eigenvalue weighted by atomic mass is 10.0. The van der Waals surface area contributed by atoms with Crippen LogP contribution >= 0.6 is 11.3 Å². The monoisotopic (exact) mass is 425 g/mol. The highest BCUT2D eigenvalue weighted by molar-refractivity contribution is 7.20. The minimum absolute atomic E-state index is 1.20. The van der Waals surface area contributed by atoms with Gasteiger partial charge in [-0.25, -0.2) is 0 Å². The predicted molar refractivity (Wildman–Crippen MR) is 139 cm³/mol. The van der Waals surface area contributed by atoms with Crippen LogP contribution in [0.3, 0.4) is 0 Å². The van der Waals surface area contributed by atoms with Crippen molar-refractivity contribution in [1.82, 2.24) is 4.57 Å². The first-order valence-corrected chi connectivity index (χ1v) is 11.7. The summed E-state index contributed by atoms with van der Waals surface area (Å²) in [5.74, 6) is 0. The summed E-state index contributed by atoms with van der Waals surface area (Å²) in [6, 6.07) is 31.1. The number of hydrogen-bond acceptors (Lipinski definition) is 1. The van der Waals surface area contributed by atoms with Crippen LogP contribution in [0.2, 0.25) is 0 Å². The quantitative estimate of drug-likeness (QED) is 0.244. The van der Waals surface area contributed by atoms with Crippen LogP contribution in [0.4, 0.5) is 0 Å². The van der Waals surface area contributed by atoms with Crippen LogP contribution < -0.4 is 0 Å². The predicted octanol–water partition coefficient (Wildman–Crippen LogP) is 8.61. The lowest BCUT2D eigenvalue weighted by Gasteiger charge is -2.10. The van der Waals surface area contributed by atoms with Gasteiger partial charge in [-0.1, -0.05) is 66.2 Å². The van der Waals surface area contributed by atoms with E-state index in [0.29, 0.717) is 0 Å². The second-order valence-corrected chi connectivity index (χ2v) is 9.49. The van der Waals surface area contributed by atoms with Crippen LogP contribution in [0, 0.1) is 6.92 Å². The summed E-state index contributed by atoms with van der Waals surface area (Å²) < 4.78 is 3.75. The molecule has 7 rings (SSSR count). The van der Waals surface area contributed by atoms with Crippen LogP contribution in [0.1, 0.15) is 16.0 Å². The molecule has 0 radical (unpaired) electrons. The number of hydrogen-bond donors (Lipinski definition) is 0. The van der Waals surface area contributed by atoms with E-state index < -0.39 is 0 Å². The maximum atomic E-state index is 3.24. The zero-order valence-electron chi connectivity index (χ0n) is 17.6. The number of aromatic nitrogens is 1. The summed E-state index contributed by atoms with van der Waals surface area (Å²) >= 11 is 1.86. The molecule has 0 spiro atoms. The molecule has 0 aliphatic heterocycles. The van der Waals surface area contributed by atoms with Gasteiger partial charge >= 0.3 is 0 Å². The summed E-state index contributed by atoms with van der Waals surface area (Å²) in [6.45, 7) is 2.14. The fraction of sp³-hybridized carbons (Fsp3) is 0.0333. The van der Waals surface area contributed by atoms with E-state index in [1.54, 1.807) is 0 Å². The largest absolute Gasteiger partial charge is 0.309 e. The Labute approximate surface area is 190 Å². The number of para-hydroxylation sites is 1. The summed E-state index contributed by atoms with van der Waals surface area (Å²) in [7, 11) is 0. The number of nitrogens with zero attached hydrogens (tertiary/aromatic N) is 1. The van der Waals surface area contributed by atoms with E-state index in [4.69, 9.17) is 0 Å². The standard InChI is InChI=1S/C30H19NS/c1-19-12-15-21(16-13-19)31-27-10-3-2-6-23(27)24-17-14-20(18-28(24)31)22-7-4-9-26-25-8-5-11-29(25)32-30(22)26/h2-4,6-18H,1H3. The first-order chi connectivity index (χ1) is 15.8. The van der Waals surface area contributed by atoms with E-state index in [0.717, 1.165) is 0 Å². The van der Waals surface area contributed by atoms with Crippen molar-refractivity contribution in [3.63, 3.8) is 0 Å². The fourth-order valence-corrected chi connectivity index (χ4v) is 6.16. The van der Waals surface area contributed by atoms with Gasteiger partial charge in [-0.15, -0.1) is 17.1 Å². The third-order valence-corrected chi connectivity index (χ3v) is 7.70. The molecule has 0 N–H and O–H groups in total. The van der Waals surface area contributed by atoms with Gasteiger partial charge in [0.25, 0.3) is 0 Å². The number of thiophene rings is 1. The molecule has 0 unspecified atom stereocenters. The van der Waals surface area contributed by atoms with Crippen molar-refractivity contribution in [2.24, 2.45) is 0 Å². The lowest BCUT2D eigenvalue weighted by molar-refractivity contribution is 1.17. The van der Waals surface area contributed by atoms with Crippen LogP contribution in [0.5, 0.6) is 0 Å². The minimum Gasteiger partial charge on any atom is -0.309 e. The maximum absolute atomic E-state index is 3.24. The van der Waals surface area contributed by atoms with Gasteiger partial charge in [0.2, 0.25) is 0 Å². The van der Waals surface area contributed by atoms with Gasteiger partial charge in [-0.2, -0.15) is 0 Å². The SMILES string of the molecule is Cc1ccc(-n2c3ccccc3c3ccc(-c4cccc5c6c(sc45)C=C=C6)cc32)cc1. The van der Waals surface area contributed by atoms with Crippen LogP contribution in [0.25, 0.3) is 60.9 Å². The molecule has 0 amide bonds. The van der Waals surface area contributed by atoms with Crippen molar-refractivity contribution in [2.45, 2.75) is 6.92 Å². The smallest absolute Gasteiger partial charge is 0.0547 e. The Hall–Kier alpha value is -3.84. The third-order valence-electron chi connectivity index (χ3n) is 6.50. The minimum atomic E-state index is 1.20. The van der Waals surface area contributed by atoms with E-state index in [2.05, 4.69) is 114 Å². The van der Waals surface area contributed by atoms with Crippen molar-refractivity contribution in [3.8, 4) is 16.8 Å². The van der Waals surface area contributed by atoms with Gasteiger partial charge in [0.1, 0.15) is 0 Å². The Morgan fingerprint density at radius 2 is 1.53 bits per heavy atom. The average molecular weight is 426 g/mol. The average Bonchev–Trinajstić information content (AvgIpc) is 3.51. The molecule has 0 fully saturated rings. The van der Waals surface area contributed by atoms with E-state index in [1.165, 1.54) is 64.7 Å². The molecule has 32 heavy (non-hydrogen) atoms. The highest BCUT2D eigenvalue weighted by Gasteiger charge is 2.17. The van der Waals surface area contributed by atoms with Crippen molar-refractivity contribution < 1.29 is 0 Å².